The van der Waals surface area contributed by atoms with Gasteiger partial charge in [-0.3, -0.25) is 19.3 Å². The lowest BCUT2D eigenvalue weighted by Crippen LogP contribution is -2.44. The molecule has 3 rings (SSSR count). The van der Waals surface area contributed by atoms with Gasteiger partial charge in [0.15, 0.2) is 0 Å². The largest absolute Gasteiger partial charge is 0.381 e. The normalized spacial score (nSPS) is 23.2. The second-order valence-corrected chi connectivity index (χ2v) is 6.62. The van der Waals surface area contributed by atoms with E-state index in [9.17, 15) is 14.4 Å². The molecule has 1 aromatic rings. The molecule has 0 aliphatic carbocycles. The fourth-order valence-corrected chi connectivity index (χ4v) is 3.53. The van der Waals surface area contributed by atoms with Crippen molar-refractivity contribution in [2.24, 2.45) is 11.7 Å². The van der Waals surface area contributed by atoms with Gasteiger partial charge < -0.3 is 20.4 Å². The third-order valence-electron chi connectivity index (χ3n) is 4.95. The van der Waals surface area contributed by atoms with Crippen molar-refractivity contribution in [3.8, 4) is 0 Å². The molecule has 2 amide bonds. The standard InChI is InChI=1S/C17H24N4O4/c18-16(23)12-10-20(13-4-8-25-9-5-13)6-7-21(11-12)17(24)14-2-1-3-15(22)19-14/h1-3,12-13H,4-11H2,(H2,18,23)(H,19,22)/t12-/m0/s1. The molecule has 8 heteroatoms. The van der Waals surface area contributed by atoms with Gasteiger partial charge in [-0.25, -0.2) is 0 Å². The van der Waals surface area contributed by atoms with E-state index >= 15 is 0 Å². The Bertz CT molecular complexity index is 683. The van der Waals surface area contributed by atoms with Gasteiger partial charge in [-0.15, -0.1) is 0 Å². The van der Waals surface area contributed by atoms with E-state index < -0.39 is 11.8 Å². The number of amides is 2. The number of pyridine rings is 1. The third kappa shape index (κ3) is 4.26. The fraction of sp³-hybridized carbons (Fsp3) is 0.588. The highest BCUT2D eigenvalue weighted by molar-refractivity contribution is 5.92. The van der Waals surface area contributed by atoms with Gasteiger partial charge in [0.2, 0.25) is 11.5 Å². The summed E-state index contributed by atoms with van der Waals surface area (Å²) in [5.74, 6) is -1.11. The summed E-state index contributed by atoms with van der Waals surface area (Å²) in [4.78, 5) is 42.5. The summed E-state index contributed by atoms with van der Waals surface area (Å²) in [6.45, 7) is 3.43. The minimum Gasteiger partial charge on any atom is -0.381 e. The van der Waals surface area contributed by atoms with E-state index in [0.29, 0.717) is 25.7 Å². The first-order valence-corrected chi connectivity index (χ1v) is 8.64. The number of hydrogen-bond donors (Lipinski definition) is 2. The van der Waals surface area contributed by atoms with Crippen molar-refractivity contribution < 1.29 is 14.3 Å². The quantitative estimate of drug-likeness (QED) is 0.759. The molecule has 8 nitrogen and oxygen atoms in total. The number of hydrogen-bond acceptors (Lipinski definition) is 5. The lowest BCUT2D eigenvalue weighted by molar-refractivity contribution is -0.122. The molecule has 1 aromatic heterocycles. The van der Waals surface area contributed by atoms with E-state index in [2.05, 4.69) is 9.88 Å². The Labute approximate surface area is 145 Å². The van der Waals surface area contributed by atoms with Crippen LogP contribution in [0.25, 0.3) is 0 Å². The molecule has 25 heavy (non-hydrogen) atoms. The second-order valence-electron chi connectivity index (χ2n) is 6.62. The number of nitrogens with one attached hydrogen (secondary N) is 1. The molecular weight excluding hydrogens is 324 g/mol. The molecule has 2 saturated heterocycles. The van der Waals surface area contributed by atoms with Gasteiger partial charge in [0.25, 0.3) is 5.91 Å². The summed E-state index contributed by atoms with van der Waals surface area (Å²) in [5, 5.41) is 0. The van der Waals surface area contributed by atoms with Crippen LogP contribution in [-0.4, -0.2) is 72.0 Å². The van der Waals surface area contributed by atoms with Crippen LogP contribution in [0.15, 0.2) is 23.0 Å². The van der Waals surface area contributed by atoms with E-state index in [4.69, 9.17) is 10.5 Å². The first-order chi connectivity index (χ1) is 12.0. The number of nitrogens with zero attached hydrogens (tertiary/aromatic N) is 2. The van der Waals surface area contributed by atoms with Crippen LogP contribution in [-0.2, 0) is 9.53 Å². The smallest absolute Gasteiger partial charge is 0.270 e. The number of aromatic amines is 1. The molecule has 2 aliphatic rings. The highest BCUT2D eigenvalue weighted by Gasteiger charge is 2.32. The Morgan fingerprint density at radius 1 is 1.16 bits per heavy atom. The Balaban J connectivity index is 1.76. The molecule has 0 saturated carbocycles. The van der Waals surface area contributed by atoms with Crippen LogP contribution < -0.4 is 11.3 Å². The monoisotopic (exact) mass is 348 g/mol. The number of carbonyl (C=O) groups is 2. The lowest BCUT2D eigenvalue weighted by Gasteiger charge is -2.34. The van der Waals surface area contributed by atoms with E-state index in [1.54, 1.807) is 17.0 Å². The molecule has 1 atom stereocenters. The van der Waals surface area contributed by atoms with Crippen LogP contribution in [0.3, 0.4) is 0 Å². The molecule has 0 unspecified atom stereocenters. The van der Waals surface area contributed by atoms with Gasteiger partial charge in [-0.2, -0.15) is 0 Å². The van der Waals surface area contributed by atoms with Gasteiger partial charge in [-0.05, 0) is 18.9 Å². The summed E-state index contributed by atoms with van der Waals surface area (Å²) in [7, 11) is 0. The van der Waals surface area contributed by atoms with Gasteiger partial charge in [-0.1, -0.05) is 6.07 Å². The van der Waals surface area contributed by atoms with Crippen molar-refractivity contribution in [1.82, 2.24) is 14.8 Å². The number of primary amides is 1. The molecule has 2 aliphatic heterocycles. The molecule has 2 fully saturated rings. The van der Waals surface area contributed by atoms with Gasteiger partial charge >= 0.3 is 0 Å². The van der Waals surface area contributed by atoms with Crippen molar-refractivity contribution in [3.63, 3.8) is 0 Å². The zero-order valence-corrected chi connectivity index (χ0v) is 14.1. The van der Waals surface area contributed by atoms with E-state index in [1.165, 1.54) is 6.07 Å². The number of ether oxygens (including phenoxy) is 1. The lowest BCUT2D eigenvalue weighted by atomic mass is 10.0. The Morgan fingerprint density at radius 2 is 1.92 bits per heavy atom. The molecule has 136 valence electrons. The molecule has 0 bridgehead atoms. The SMILES string of the molecule is NC(=O)[C@@H]1CN(C(=O)c2cccc(=O)[nH]2)CCN(C2CCOCC2)C1. The highest BCUT2D eigenvalue weighted by atomic mass is 16.5. The molecule has 3 N–H and O–H groups in total. The Hall–Kier alpha value is -2.19. The van der Waals surface area contributed by atoms with E-state index in [-0.39, 0.29) is 23.7 Å². The summed E-state index contributed by atoms with van der Waals surface area (Å²) in [5.41, 5.74) is 5.48. The summed E-state index contributed by atoms with van der Waals surface area (Å²) < 4.78 is 5.41. The summed E-state index contributed by atoms with van der Waals surface area (Å²) in [6.07, 6.45) is 1.84. The minimum atomic E-state index is -0.426. The molecule has 0 aromatic carbocycles. The van der Waals surface area contributed by atoms with Crippen molar-refractivity contribution in [2.45, 2.75) is 18.9 Å². The summed E-state index contributed by atoms with van der Waals surface area (Å²) >= 11 is 0. The molecule has 0 radical (unpaired) electrons. The Morgan fingerprint density at radius 3 is 2.60 bits per heavy atom. The number of carbonyl (C=O) groups excluding carboxylic acids is 2. The van der Waals surface area contributed by atoms with Gasteiger partial charge in [0.05, 0.1) is 5.92 Å². The zero-order valence-electron chi connectivity index (χ0n) is 14.1. The van der Waals surface area contributed by atoms with Crippen LogP contribution in [0.2, 0.25) is 0 Å². The van der Waals surface area contributed by atoms with Crippen molar-refractivity contribution in [2.75, 3.05) is 39.4 Å². The fourth-order valence-electron chi connectivity index (χ4n) is 3.53. The number of aromatic nitrogens is 1. The maximum Gasteiger partial charge on any atom is 0.270 e. The van der Waals surface area contributed by atoms with Crippen molar-refractivity contribution in [1.29, 1.82) is 0 Å². The van der Waals surface area contributed by atoms with Crippen molar-refractivity contribution >= 4 is 11.8 Å². The maximum atomic E-state index is 12.7. The molecular formula is C17H24N4O4. The number of rotatable bonds is 3. The van der Waals surface area contributed by atoms with Crippen LogP contribution in [0.1, 0.15) is 23.3 Å². The predicted molar refractivity (Wildman–Crippen MR) is 91.1 cm³/mol. The summed E-state index contributed by atoms with van der Waals surface area (Å²) in [6, 6.07) is 4.83. The minimum absolute atomic E-state index is 0.232. The average Bonchev–Trinajstić information content (AvgIpc) is 2.85. The second kappa shape index (κ2) is 7.79. The van der Waals surface area contributed by atoms with Gasteiger partial charge in [0.1, 0.15) is 5.69 Å². The van der Waals surface area contributed by atoms with E-state index in [0.717, 1.165) is 26.1 Å². The molecule has 3 heterocycles. The zero-order chi connectivity index (χ0) is 17.8. The first kappa shape index (κ1) is 17.6. The van der Waals surface area contributed by atoms with Crippen LogP contribution >= 0.6 is 0 Å². The predicted octanol–water partition coefficient (Wildman–Crippen LogP) is -0.587. The Kier molecular flexibility index (Phi) is 5.50. The van der Waals surface area contributed by atoms with Crippen LogP contribution in [0.5, 0.6) is 0 Å². The first-order valence-electron chi connectivity index (χ1n) is 8.64. The average molecular weight is 348 g/mol. The highest BCUT2D eigenvalue weighted by Crippen LogP contribution is 2.19. The van der Waals surface area contributed by atoms with Crippen LogP contribution in [0, 0.1) is 5.92 Å². The molecule has 0 spiro atoms. The number of nitrogens with two attached hydrogens (primary N) is 1. The van der Waals surface area contributed by atoms with Crippen molar-refractivity contribution in [3.05, 3.63) is 34.2 Å². The maximum absolute atomic E-state index is 12.7. The third-order valence-corrected chi connectivity index (χ3v) is 4.95. The van der Waals surface area contributed by atoms with Gasteiger partial charge in [0, 0.05) is 51.5 Å². The number of H-pyrrole nitrogens is 1. The topological polar surface area (TPSA) is 109 Å². The van der Waals surface area contributed by atoms with Crippen LogP contribution in [0.4, 0.5) is 0 Å². The van der Waals surface area contributed by atoms with E-state index in [1.807, 2.05) is 0 Å².